The zero-order valence-electron chi connectivity index (χ0n) is 15.7. The third-order valence-electron chi connectivity index (χ3n) is 5.63. The smallest absolute Gasteiger partial charge is 0.243 e. The molecule has 1 saturated carbocycles. The van der Waals surface area contributed by atoms with Crippen molar-refractivity contribution >= 4 is 15.9 Å². The van der Waals surface area contributed by atoms with Crippen molar-refractivity contribution < 1.29 is 17.6 Å². The maximum atomic E-state index is 13.2. The summed E-state index contributed by atoms with van der Waals surface area (Å²) in [7, 11) is -3.73. The van der Waals surface area contributed by atoms with E-state index < -0.39 is 15.8 Å². The molecule has 1 aromatic rings. The Hall–Kier alpha value is -1.47. The zero-order valence-corrected chi connectivity index (χ0v) is 16.5. The molecular weight excluding hydrogens is 367 g/mol. The van der Waals surface area contributed by atoms with Crippen molar-refractivity contribution in [3.8, 4) is 0 Å². The fourth-order valence-corrected chi connectivity index (χ4v) is 5.85. The van der Waals surface area contributed by atoms with Gasteiger partial charge >= 0.3 is 0 Å². The molecule has 27 heavy (non-hydrogen) atoms. The van der Waals surface area contributed by atoms with E-state index in [1.54, 1.807) is 0 Å². The number of amides is 1. The Morgan fingerprint density at radius 1 is 1.00 bits per heavy atom. The number of halogens is 1. The molecule has 1 aliphatic carbocycles. The predicted octanol–water partition coefficient (Wildman–Crippen LogP) is 3.60. The van der Waals surface area contributed by atoms with Crippen LogP contribution in [0.3, 0.4) is 0 Å². The van der Waals surface area contributed by atoms with Gasteiger partial charge in [0.1, 0.15) is 5.82 Å². The van der Waals surface area contributed by atoms with E-state index in [9.17, 15) is 17.6 Å². The van der Waals surface area contributed by atoms with Crippen molar-refractivity contribution in [2.24, 2.45) is 0 Å². The molecule has 1 atom stereocenters. The van der Waals surface area contributed by atoms with Gasteiger partial charge in [-0.3, -0.25) is 4.79 Å². The van der Waals surface area contributed by atoms with Crippen molar-refractivity contribution in [2.45, 2.75) is 81.2 Å². The van der Waals surface area contributed by atoms with Crippen LogP contribution in [-0.4, -0.2) is 37.3 Å². The van der Waals surface area contributed by atoms with E-state index in [0.29, 0.717) is 13.0 Å². The molecule has 5 nitrogen and oxygen atoms in total. The van der Waals surface area contributed by atoms with Crippen LogP contribution in [0, 0.1) is 5.82 Å². The third kappa shape index (κ3) is 5.29. The molecule has 0 radical (unpaired) electrons. The van der Waals surface area contributed by atoms with Gasteiger partial charge in [-0.1, -0.05) is 32.1 Å². The minimum atomic E-state index is -3.73. The Morgan fingerprint density at radius 2 is 1.63 bits per heavy atom. The molecule has 1 N–H and O–H groups in total. The summed E-state index contributed by atoms with van der Waals surface area (Å²) < 4.78 is 40.6. The van der Waals surface area contributed by atoms with Crippen LogP contribution >= 0.6 is 0 Å². The molecule has 3 rings (SSSR count). The van der Waals surface area contributed by atoms with Gasteiger partial charge in [0.2, 0.25) is 15.9 Å². The van der Waals surface area contributed by atoms with Crippen LogP contribution in [-0.2, 0) is 14.8 Å². The molecule has 1 heterocycles. The van der Waals surface area contributed by atoms with Gasteiger partial charge in [0.25, 0.3) is 0 Å². The van der Waals surface area contributed by atoms with Gasteiger partial charge in [-0.15, -0.1) is 0 Å². The molecule has 0 aromatic heterocycles. The standard InChI is InChI=1S/C20H29FN2O3S/c21-16-10-12-19(13-11-16)27(25,26)23-14-6-5-9-18(23)15-20(24)22-17-7-3-1-2-4-8-17/h10-13,17-18H,1-9,14-15H2,(H,22,24). The SMILES string of the molecule is O=C(CC1CCCCN1S(=O)(=O)c1ccc(F)cc1)NC1CCCCCC1. The molecule has 0 spiro atoms. The Kier molecular flexibility index (Phi) is 6.87. The number of nitrogens with one attached hydrogen (secondary N) is 1. The highest BCUT2D eigenvalue weighted by Crippen LogP contribution is 2.27. The zero-order chi connectivity index (χ0) is 19.3. The Balaban J connectivity index is 1.67. The summed E-state index contributed by atoms with van der Waals surface area (Å²) in [6, 6.07) is 4.78. The Bertz CT molecular complexity index is 728. The first-order valence-electron chi connectivity index (χ1n) is 10.0. The van der Waals surface area contributed by atoms with E-state index >= 15 is 0 Å². The summed E-state index contributed by atoms with van der Waals surface area (Å²) in [5.74, 6) is -0.528. The van der Waals surface area contributed by atoms with E-state index in [0.717, 1.165) is 50.7 Å². The minimum Gasteiger partial charge on any atom is -0.353 e. The summed E-state index contributed by atoms with van der Waals surface area (Å²) in [5.41, 5.74) is 0. The van der Waals surface area contributed by atoms with E-state index in [2.05, 4.69) is 5.32 Å². The fraction of sp³-hybridized carbons (Fsp3) is 0.650. The van der Waals surface area contributed by atoms with Gasteiger partial charge in [0.05, 0.1) is 4.90 Å². The lowest BCUT2D eigenvalue weighted by atomic mass is 10.0. The maximum Gasteiger partial charge on any atom is 0.243 e. The topological polar surface area (TPSA) is 66.5 Å². The second kappa shape index (κ2) is 9.15. The lowest BCUT2D eigenvalue weighted by Crippen LogP contribution is -2.47. The van der Waals surface area contributed by atoms with Gasteiger partial charge in [-0.2, -0.15) is 4.31 Å². The van der Waals surface area contributed by atoms with Crippen molar-refractivity contribution in [3.63, 3.8) is 0 Å². The molecule has 1 aromatic carbocycles. The van der Waals surface area contributed by atoms with Gasteiger partial charge < -0.3 is 5.32 Å². The van der Waals surface area contributed by atoms with Gasteiger partial charge in [0.15, 0.2) is 0 Å². The summed E-state index contributed by atoms with van der Waals surface area (Å²) in [4.78, 5) is 12.6. The number of sulfonamides is 1. The number of piperidine rings is 1. The highest BCUT2D eigenvalue weighted by Gasteiger charge is 2.34. The van der Waals surface area contributed by atoms with Gasteiger partial charge in [-0.25, -0.2) is 12.8 Å². The molecule has 2 aliphatic rings. The van der Waals surface area contributed by atoms with Crippen LogP contribution < -0.4 is 5.32 Å². The molecule has 0 bridgehead atoms. The van der Waals surface area contributed by atoms with Crippen molar-refractivity contribution in [2.75, 3.05) is 6.54 Å². The molecule has 1 saturated heterocycles. The van der Waals surface area contributed by atoms with Crippen LogP contribution in [0.15, 0.2) is 29.2 Å². The molecule has 1 amide bonds. The maximum absolute atomic E-state index is 13.2. The third-order valence-corrected chi connectivity index (χ3v) is 7.60. The molecule has 7 heteroatoms. The van der Waals surface area contributed by atoms with E-state index in [-0.39, 0.29) is 29.3 Å². The van der Waals surface area contributed by atoms with Crippen LogP contribution in [0.1, 0.15) is 64.2 Å². The average Bonchev–Trinajstić information content (AvgIpc) is 2.91. The molecule has 1 aliphatic heterocycles. The molecule has 1 unspecified atom stereocenters. The number of hydrogen-bond donors (Lipinski definition) is 1. The van der Waals surface area contributed by atoms with Gasteiger partial charge in [0, 0.05) is 25.0 Å². The molecular formula is C20H29FN2O3S. The van der Waals surface area contributed by atoms with Crippen LogP contribution in [0.5, 0.6) is 0 Å². The second-order valence-electron chi connectivity index (χ2n) is 7.68. The Morgan fingerprint density at radius 3 is 2.30 bits per heavy atom. The largest absolute Gasteiger partial charge is 0.353 e. The predicted molar refractivity (Wildman–Crippen MR) is 102 cm³/mol. The van der Waals surface area contributed by atoms with Crippen LogP contribution in [0.4, 0.5) is 4.39 Å². The second-order valence-corrected chi connectivity index (χ2v) is 9.57. The highest BCUT2D eigenvalue weighted by atomic mass is 32.2. The summed E-state index contributed by atoms with van der Waals surface area (Å²) in [6.07, 6.45) is 9.30. The lowest BCUT2D eigenvalue weighted by molar-refractivity contribution is -0.122. The average molecular weight is 397 g/mol. The number of rotatable bonds is 5. The highest BCUT2D eigenvalue weighted by molar-refractivity contribution is 7.89. The monoisotopic (exact) mass is 396 g/mol. The first-order valence-corrected chi connectivity index (χ1v) is 11.5. The molecule has 2 fully saturated rings. The number of nitrogens with zero attached hydrogens (tertiary/aromatic N) is 1. The van der Waals surface area contributed by atoms with Crippen molar-refractivity contribution in [1.82, 2.24) is 9.62 Å². The minimum absolute atomic E-state index is 0.0619. The van der Waals surface area contributed by atoms with E-state index in [4.69, 9.17) is 0 Å². The summed E-state index contributed by atoms with van der Waals surface area (Å²) in [5, 5.41) is 3.12. The first kappa shape index (κ1) is 20.3. The van der Waals surface area contributed by atoms with E-state index in [1.807, 2.05) is 0 Å². The van der Waals surface area contributed by atoms with Crippen LogP contribution in [0.25, 0.3) is 0 Å². The quantitative estimate of drug-likeness (QED) is 0.774. The van der Waals surface area contributed by atoms with Gasteiger partial charge in [-0.05, 0) is 49.9 Å². The summed E-state index contributed by atoms with van der Waals surface area (Å²) in [6.45, 7) is 0.404. The number of carbonyl (C=O) groups excluding carboxylic acids is 1. The fourth-order valence-electron chi connectivity index (χ4n) is 4.16. The number of hydrogen-bond acceptors (Lipinski definition) is 3. The summed E-state index contributed by atoms with van der Waals surface area (Å²) >= 11 is 0. The number of benzene rings is 1. The van der Waals surface area contributed by atoms with E-state index in [1.165, 1.54) is 29.3 Å². The lowest BCUT2D eigenvalue weighted by Gasteiger charge is -2.34. The van der Waals surface area contributed by atoms with Crippen molar-refractivity contribution in [1.29, 1.82) is 0 Å². The van der Waals surface area contributed by atoms with Crippen molar-refractivity contribution in [3.05, 3.63) is 30.1 Å². The van der Waals surface area contributed by atoms with Crippen LogP contribution in [0.2, 0.25) is 0 Å². The first-order chi connectivity index (χ1) is 13.0. The Labute approximate surface area is 161 Å². The molecule has 150 valence electrons. The number of carbonyl (C=O) groups is 1. The normalized spacial score (nSPS) is 22.9.